The second-order valence-electron chi connectivity index (χ2n) is 4.36. The van der Waals surface area contributed by atoms with Crippen molar-refractivity contribution in [2.75, 3.05) is 5.32 Å². The van der Waals surface area contributed by atoms with Crippen LogP contribution in [0.3, 0.4) is 0 Å². The van der Waals surface area contributed by atoms with Gasteiger partial charge in [0.1, 0.15) is 5.69 Å². The number of rotatable bonds is 3. The van der Waals surface area contributed by atoms with E-state index in [1.54, 1.807) is 0 Å². The molecule has 4 nitrogen and oxygen atoms in total. The zero-order valence-electron chi connectivity index (χ0n) is 10.5. The van der Waals surface area contributed by atoms with Gasteiger partial charge in [-0.05, 0) is 59.0 Å². The van der Waals surface area contributed by atoms with Crippen molar-refractivity contribution in [1.82, 2.24) is 5.16 Å². The van der Waals surface area contributed by atoms with Crippen LogP contribution in [-0.4, -0.2) is 11.1 Å². The highest BCUT2D eigenvalue weighted by atomic mass is 127. The molecule has 0 fully saturated rings. The molecule has 1 heterocycles. The summed E-state index contributed by atoms with van der Waals surface area (Å²) in [5.74, 6) is -0.106. The van der Waals surface area contributed by atoms with Crippen LogP contribution in [0.25, 0.3) is 11.0 Å². The number of carbonyl (C=O) groups is 1. The van der Waals surface area contributed by atoms with E-state index in [4.69, 9.17) is 4.52 Å². The Kier molecular flexibility index (Phi) is 3.68. The number of amides is 1. The molecule has 0 bridgehead atoms. The predicted molar refractivity (Wildman–Crippen MR) is 85.5 cm³/mol. The van der Waals surface area contributed by atoms with Gasteiger partial charge in [0.2, 0.25) is 5.91 Å². The Morgan fingerprint density at radius 1 is 1.15 bits per heavy atom. The number of nitrogens with one attached hydrogen (secondary N) is 1. The van der Waals surface area contributed by atoms with Crippen molar-refractivity contribution in [3.8, 4) is 0 Å². The SMILES string of the molecule is O=C(Cc1noc2ccccc12)Nc1ccc(I)cc1. The van der Waals surface area contributed by atoms with E-state index in [9.17, 15) is 4.79 Å². The fourth-order valence-electron chi connectivity index (χ4n) is 1.96. The van der Waals surface area contributed by atoms with Crippen molar-refractivity contribution < 1.29 is 9.32 Å². The van der Waals surface area contributed by atoms with Gasteiger partial charge in [-0.15, -0.1) is 0 Å². The van der Waals surface area contributed by atoms with E-state index in [2.05, 4.69) is 33.1 Å². The maximum absolute atomic E-state index is 12.0. The van der Waals surface area contributed by atoms with Crippen molar-refractivity contribution in [3.05, 3.63) is 57.8 Å². The third kappa shape index (κ3) is 2.82. The highest BCUT2D eigenvalue weighted by Gasteiger charge is 2.12. The quantitative estimate of drug-likeness (QED) is 0.709. The van der Waals surface area contributed by atoms with Gasteiger partial charge < -0.3 is 9.84 Å². The first-order valence-electron chi connectivity index (χ1n) is 6.11. The molecule has 3 aromatic rings. The zero-order chi connectivity index (χ0) is 13.9. The summed E-state index contributed by atoms with van der Waals surface area (Å²) in [6, 6.07) is 15.2. The number of hydrogen-bond donors (Lipinski definition) is 1. The molecule has 1 N–H and O–H groups in total. The highest BCUT2D eigenvalue weighted by molar-refractivity contribution is 14.1. The standard InChI is InChI=1S/C15H11IN2O2/c16-10-5-7-11(8-6-10)17-15(19)9-13-12-3-1-2-4-14(12)20-18-13/h1-8H,9H2,(H,17,19). The summed E-state index contributed by atoms with van der Waals surface area (Å²) in [4.78, 5) is 12.0. The predicted octanol–water partition coefficient (Wildman–Crippen LogP) is 3.61. The molecule has 0 radical (unpaired) electrons. The van der Waals surface area contributed by atoms with E-state index >= 15 is 0 Å². The van der Waals surface area contributed by atoms with Crippen molar-refractivity contribution in [3.63, 3.8) is 0 Å². The van der Waals surface area contributed by atoms with Gasteiger partial charge in [-0.1, -0.05) is 17.3 Å². The molecule has 5 heteroatoms. The summed E-state index contributed by atoms with van der Waals surface area (Å²) in [7, 11) is 0. The van der Waals surface area contributed by atoms with Crippen LogP contribution in [0, 0.1) is 3.57 Å². The van der Waals surface area contributed by atoms with Gasteiger partial charge in [-0.2, -0.15) is 0 Å². The number of fused-ring (bicyclic) bond motifs is 1. The maximum atomic E-state index is 12.0. The van der Waals surface area contributed by atoms with Gasteiger partial charge in [0.25, 0.3) is 0 Å². The van der Waals surface area contributed by atoms with E-state index in [1.807, 2.05) is 48.5 Å². The Morgan fingerprint density at radius 2 is 1.90 bits per heavy atom. The Balaban J connectivity index is 1.74. The van der Waals surface area contributed by atoms with Crippen LogP contribution < -0.4 is 5.32 Å². The van der Waals surface area contributed by atoms with Crippen LogP contribution in [0.5, 0.6) is 0 Å². The van der Waals surface area contributed by atoms with Crippen molar-refractivity contribution >= 4 is 45.2 Å². The smallest absolute Gasteiger partial charge is 0.230 e. The number of benzene rings is 2. The molecule has 0 aliphatic rings. The molecule has 3 rings (SSSR count). The van der Waals surface area contributed by atoms with Gasteiger partial charge in [0.05, 0.1) is 6.42 Å². The monoisotopic (exact) mass is 378 g/mol. The van der Waals surface area contributed by atoms with Crippen LogP contribution in [0.2, 0.25) is 0 Å². The van der Waals surface area contributed by atoms with Gasteiger partial charge in [-0.25, -0.2) is 0 Å². The van der Waals surface area contributed by atoms with Crippen LogP contribution in [0.15, 0.2) is 53.1 Å². The van der Waals surface area contributed by atoms with E-state index in [-0.39, 0.29) is 12.3 Å². The van der Waals surface area contributed by atoms with Crippen LogP contribution in [0.1, 0.15) is 5.69 Å². The highest BCUT2D eigenvalue weighted by Crippen LogP contribution is 2.18. The van der Waals surface area contributed by atoms with Gasteiger partial charge in [0.15, 0.2) is 5.58 Å². The summed E-state index contributed by atoms with van der Waals surface area (Å²) in [5.41, 5.74) is 2.14. The summed E-state index contributed by atoms with van der Waals surface area (Å²) in [6.07, 6.45) is 0.197. The first kappa shape index (κ1) is 13.1. The molecule has 1 aromatic heterocycles. The van der Waals surface area contributed by atoms with E-state index in [0.717, 1.165) is 14.6 Å². The number of nitrogens with zero attached hydrogens (tertiary/aromatic N) is 1. The lowest BCUT2D eigenvalue weighted by Crippen LogP contribution is -2.14. The number of hydrogen-bond acceptors (Lipinski definition) is 3. The van der Waals surface area contributed by atoms with Crippen molar-refractivity contribution in [2.24, 2.45) is 0 Å². The Hall–Kier alpha value is -1.89. The minimum Gasteiger partial charge on any atom is -0.356 e. The topological polar surface area (TPSA) is 55.1 Å². The van der Waals surface area contributed by atoms with E-state index < -0.39 is 0 Å². The molecule has 0 aliphatic heterocycles. The first-order chi connectivity index (χ1) is 9.72. The second kappa shape index (κ2) is 5.62. The summed E-state index contributed by atoms with van der Waals surface area (Å²) in [5, 5.41) is 7.68. The number of halogens is 1. The minimum absolute atomic E-state index is 0.106. The van der Waals surface area contributed by atoms with Crippen LogP contribution in [0.4, 0.5) is 5.69 Å². The lowest BCUT2D eigenvalue weighted by atomic mass is 10.1. The first-order valence-corrected chi connectivity index (χ1v) is 7.19. The molecule has 0 aliphatic carbocycles. The molecule has 0 saturated carbocycles. The van der Waals surface area contributed by atoms with Gasteiger partial charge >= 0.3 is 0 Å². The molecular formula is C15H11IN2O2. The summed E-state index contributed by atoms with van der Waals surface area (Å²) >= 11 is 2.22. The normalized spacial score (nSPS) is 10.7. The van der Waals surface area contributed by atoms with Gasteiger partial charge in [0, 0.05) is 14.6 Å². The molecule has 0 atom stereocenters. The molecule has 2 aromatic carbocycles. The summed E-state index contributed by atoms with van der Waals surface area (Å²) < 4.78 is 6.31. The lowest BCUT2D eigenvalue weighted by Gasteiger charge is -2.03. The van der Waals surface area contributed by atoms with Crippen LogP contribution in [-0.2, 0) is 11.2 Å². The zero-order valence-corrected chi connectivity index (χ0v) is 12.6. The average Bonchev–Trinajstić information content (AvgIpc) is 2.85. The van der Waals surface area contributed by atoms with Crippen molar-refractivity contribution in [2.45, 2.75) is 6.42 Å². The summed E-state index contributed by atoms with van der Waals surface area (Å²) in [6.45, 7) is 0. The maximum Gasteiger partial charge on any atom is 0.230 e. The van der Waals surface area contributed by atoms with Crippen molar-refractivity contribution in [1.29, 1.82) is 0 Å². The fraction of sp³-hybridized carbons (Fsp3) is 0.0667. The molecule has 100 valence electrons. The van der Waals surface area contributed by atoms with Crippen LogP contribution >= 0.6 is 22.6 Å². The number of aromatic nitrogens is 1. The Labute approximate surface area is 129 Å². The molecule has 0 saturated heterocycles. The third-order valence-electron chi connectivity index (χ3n) is 2.91. The molecule has 20 heavy (non-hydrogen) atoms. The fourth-order valence-corrected chi connectivity index (χ4v) is 2.32. The number of carbonyl (C=O) groups excluding carboxylic acids is 1. The number of para-hydroxylation sites is 1. The lowest BCUT2D eigenvalue weighted by molar-refractivity contribution is -0.115. The van der Waals surface area contributed by atoms with E-state index in [1.165, 1.54) is 0 Å². The Bertz CT molecular complexity index is 750. The van der Waals surface area contributed by atoms with Gasteiger partial charge in [-0.3, -0.25) is 4.79 Å². The molecule has 1 amide bonds. The average molecular weight is 378 g/mol. The molecular weight excluding hydrogens is 367 g/mol. The largest absolute Gasteiger partial charge is 0.356 e. The number of anilines is 1. The Morgan fingerprint density at radius 3 is 2.70 bits per heavy atom. The van der Waals surface area contributed by atoms with E-state index in [0.29, 0.717) is 11.3 Å². The third-order valence-corrected chi connectivity index (χ3v) is 3.63. The second-order valence-corrected chi connectivity index (χ2v) is 5.60. The molecule has 0 unspecified atom stereocenters. The molecule has 0 spiro atoms. The minimum atomic E-state index is -0.106.